The zero-order valence-electron chi connectivity index (χ0n) is 18.7. The second-order valence-electron chi connectivity index (χ2n) is 7.58. The maximum atomic E-state index is 12.9. The normalized spacial score (nSPS) is 10.9. The molecule has 9 nitrogen and oxygen atoms in total. The van der Waals surface area contributed by atoms with Crippen molar-refractivity contribution in [1.29, 1.82) is 0 Å². The molecule has 4 aromatic rings. The first-order chi connectivity index (χ1) is 16.4. The fourth-order valence-corrected chi connectivity index (χ4v) is 3.92. The van der Waals surface area contributed by atoms with Gasteiger partial charge in [0.25, 0.3) is 17.4 Å². The quantitative estimate of drug-likeness (QED) is 0.413. The first-order valence-electron chi connectivity index (χ1n) is 10.9. The molecule has 174 valence electrons. The Bertz CT molecular complexity index is 1440. The highest BCUT2D eigenvalue weighted by molar-refractivity contribution is 6.30. The number of aromatic nitrogens is 4. The minimum absolute atomic E-state index is 0.0503. The second kappa shape index (κ2) is 9.88. The van der Waals surface area contributed by atoms with Gasteiger partial charge < -0.3 is 0 Å². The molecule has 0 aliphatic rings. The number of amides is 2. The Morgan fingerprint density at radius 2 is 1.74 bits per heavy atom. The summed E-state index contributed by atoms with van der Waals surface area (Å²) in [5.74, 6) is -1.15. The third kappa shape index (κ3) is 4.42. The molecule has 10 heteroatoms. The number of aryl methyl sites for hydroxylation is 1. The lowest BCUT2D eigenvalue weighted by atomic mass is 10.1. The molecule has 0 aliphatic heterocycles. The van der Waals surface area contributed by atoms with Gasteiger partial charge in [0.05, 0.1) is 28.5 Å². The number of benzene rings is 2. The van der Waals surface area contributed by atoms with Crippen molar-refractivity contribution in [3.8, 4) is 5.69 Å². The van der Waals surface area contributed by atoms with Crippen LogP contribution < -0.4 is 16.4 Å². The van der Waals surface area contributed by atoms with Gasteiger partial charge in [0.1, 0.15) is 0 Å². The van der Waals surface area contributed by atoms with Crippen LogP contribution in [0.25, 0.3) is 16.5 Å². The van der Waals surface area contributed by atoms with Crippen molar-refractivity contribution in [3.05, 3.63) is 87.1 Å². The Hall–Kier alpha value is -3.98. The molecule has 0 saturated heterocycles. The van der Waals surface area contributed by atoms with Crippen molar-refractivity contribution in [2.75, 3.05) is 0 Å². The number of carbonyl (C=O) groups is 2. The molecular weight excluding hydrogens is 456 g/mol. The zero-order chi connectivity index (χ0) is 24.2. The van der Waals surface area contributed by atoms with Crippen LogP contribution >= 0.6 is 11.6 Å². The molecule has 0 atom stereocenters. The molecule has 34 heavy (non-hydrogen) atoms. The summed E-state index contributed by atoms with van der Waals surface area (Å²) in [5.41, 5.74) is 6.33. The van der Waals surface area contributed by atoms with Crippen LogP contribution in [-0.2, 0) is 13.0 Å². The average Bonchev–Trinajstić information content (AvgIpc) is 3.28. The van der Waals surface area contributed by atoms with Gasteiger partial charge in [-0.05, 0) is 37.1 Å². The third-order valence-corrected chi connectivity index (χ3v) is 5.54. The van der Waals surface area contributed by atoms with Crippen LogP contribution in [0, 0.1) is 0 Å². The maximum absolute atomic E-state index is 12.9. The standard InChI is InChI=1S/C24H23ClN6O3/c1-3-12-30-24(34)18-11-6-5-10-17(18)21(29-30)23(33)28-27-22(32)19-14-26-31(20(19)4-2)16-9-7-8-15(25)13-16/h5-11,13-14H,3-4,12H2,1-2H3,(H,27,32)(H,28,33). The Labute approximate surface area is 200 Å². The number of halogens is 1. The number of carbonyl (C=O) groups excluding carboxylic acids is 2. The summed E-state index contributed by atoms with van der Waals surface area (Å²) in [6.07, 6.45) is 2.65. The molecule has 0 spiro atoms. The largest absolute Gasteiger partial charge is 0.290 e. The summed E-state index contributed by atoms with van der Waals surface area (Å²) in [5, 5.41) is 9.91. The van der Waals surface area contributed by atoms with Crippen LogP contribution in [0.1, 0.15) is 46.8 Å². The van der Waals surface area contributed by atoms with Gasteiger partial charge in [-0.15, -0.1) is 0 Å². The molecular formula is C24H23ClN6O3. The van der Waals surface area contributed by atoms with Gasteiger partial charge in [-0.1, -0.05) is 49.7 Å². The lowest BCUT2D eigenvalue weighted by Gasteiger charge is -2.12. The Morgan fingerprint density at radius 1 is 1.00 bits per heavy atom. The molecule has 2 aromatic heterocycles. The lowest BCUT2D eigenvalue weighted by Crippen LogP contribution is -2.43. The highest BCUT2D eigenvalue weighted by Gasteiger charge is 2.20. The van der Waals surface area contributed by atoms with E-state index in [4.69, 9.17) is 11.6 Å². The minimum atomic E-state index is -0.630. The first kappa shape index (κ1) is 23.2. The highest BCUT2D eigenvalue weighted by atomic mass is 35.5. The predicted octanol–water partition coefficient (Wildman–Crippen LogP) is 3.28. The van der Waals surface area contributed by atoms with Crippen molar-refractivity contribution >= 4 is 34.2 Å². The first-order valence-corrected chi connectivity index (χ1v) is 11.3. The third-order valence-electron chi connectivity index (χ3n) is 5.31. The number of nitrogens with one attached hydrogen (secondary N) is 2. The summed E-state index contributed by atoms with van der Waals surface area (Å²) in [6.45, 7) is 4.19. The van der Waals surface area contributed by atoms with Gasteiger partial charge in [0, 0.05) is 17.0 Å². The molecule has 4 rings (SSSR count). The van der Waals surface area contributed by atoms with Crippen LogP contribution in [0.4, 0.5) is 0 Å². The molecule has 0 aliphatic carbocycles. The van der Waals surface area contributed by atoms with Crippen LogP contribution in [0.5, 0.6) is 0 Å². The smallest absolute Gasteiger partial charge is 0.267 e. The summed E-state index contributed by atoms with van der Waals surface area (Å²) in [6, 6.07) is 13.9. The highest BCUT2D eigenvalue weighted by Crippen LogP contribution is 2.19. The van der Waals surface area contributed by atoms with Crippen LogP contribution in [0.15, 0.2) is 59.5 Å². The molecule has 2 aromatic carbocycles. The van der Waals surface area contributed by atoms with Crippen LogP contribution in [-0.4, -0.2) is 31.4 Å². The minimum Gasteiger partial charge on any atom is -0.267 e. The Balaban J connectivity index is 1.59. The SMILES string of the molecule is CCCn1nc(C(=O)NNC(=O)c2cnn(-c3cccc(Cl)c3)c2CC)c2ccccc2c1=O. The van der Waals surface area contributed by atoms with Gasteiger partial charge in [-0.25, -0.2) is 9.36 Å². The molecule has 0 saturated carbocycles. The molecule has 0 unspecified atom stereocenters. The Kier molecular flexibility index (Phi) is 6.74. The number of hydrazine groups is 1. The van der Waals surface area contributed by atoms with Gasteiger partial charge in [-0.3, -0.25) is 25.2 Å². The predicted molar refractivity (Wildman–Crippen MR) is 129 cm³/mol. The number of hydrogen-bond donors (Lipinski definition) is 2. The van der Waals surface area contributed by atoms with E-state index in [1.54, 1.807) is 47.1 Å². The topological polar surface area (TPSA) is 111 Å². The molecule has 2 heterocycles. The van der Waals surface area contributed by atoms with E-state index in [2.05, 4.69) is 21.0 Å². The van der Waals surface area contributed by atoms with Gasteiger partial charge in [0.15, 0.2) is 5.69 Å². The molecule has 0 radical (unpaired) electrons. The Morgan fingerprint density at radius 3 is 2.44 bits per heavy atom. The summed E-state index contributed by atoms with van der Waals surface area (Å²) >= 11 is 6.09. The molecule has 2 amide bonds. The molecule has 2 N–H and O–H groups in total. The number of hydrogen-bond acceptors (Lipinski definition) is 5. The summed E-state index contributed by atoms with van der Waals surface area (Å²) in [7, 11) is 0. The van der Waals surface area contributed by atoms with Gasteiger partial charge >= 0.3 is 0 Å². The fourth-order valence-electron chi connectivity index (χ4n) is 3.74. The number of fused-ring (bicyclic) bond motifs is 1. The van der Waals surface area contributed by atoms with Crippen molar-refractivity contribution in [2.24, 2.45) is 0 Å². The average molecular weight is 479 g/mol. The van der Waals surface area contributed by atoms with Crippen molar-refractivity contribution in [2.45, 2.75) is 33.2 Å². The molecule has 0 fully saturated rings. The van der Waals surface area contributed by atoms with E-state index in [9.17, 15) is 14.4 Å². The van der Waals surface area contributed by atoms with Crippen molar-refractivity contribution in [3.63, 3.8) is 0 Å². The van der Waals surface area contributed by atoms with Crippen LogP contribution in [0.3, 0.4) is 0 Å². The summed E-state index contributed by atoms with van der Waals surface area (Å²) < 4.78 is 2.90. The number of nitrogens with zero attached hydrogens (tertiary/aromatic N) is 4. The maximum Gasteiger partial charge on any atom is 0.290 e. The molecule has 0 bridgehead atoms. The number of rotatable bonds is 6. The van der Waals surface area contributed by atoms with E-state index in [0.29, 0.717) is 46.4 Å². The zero-order valence-corrected chi connectivity index (χ0v) is 19.5. The summed E-state index contributed by atoms with van der Waals surface area (Å²) in [4.78, 5) is 38.5. The monoisotopic (exact) mass is 478 g/mol. The van der Waals surface area contributed by atoms with Crippen LogP contribution in [0.2, 0.25) is 5.02 Å². The van der Waals surface area contributed by atoms with E-state index in [0.717, 1.165) is 5.69 Å². The van der Waals surface area contributed by atoms with Crippen molar-refractivity contribution < 1.29 is 9.59 Å². The second-order valence-corrected chi connectivity index (χ2v) is 8.02. The van der Waals surface area contributed by atoms with E-state index in [1.807, 2.05) is 19.9 Å². The van der Waals surface area contributed by atoms with E-state index in [1.165, 1.54) is 10.9 Å². The van der Waals surface area contributed by atoms with Crippen molar-refractivity contribution in [1.82, 2.24) is 30.4 Å². The lowest BCUT2D eigenvalue weighted by molar-refractivity contribution is 0.0843. The van der Waals surface area contributed by atoms with Gasteiger partial charge in [-0.2, -0.15) is 10.2 Å². The van der Waals surface area contributed by atoms with E-state index in [-0.39, 0.29) is 11.3 Å². The van der Waals surface area contributed by atoms with Gasteiger partial charge in [0.2, 0.25) is 0 Å². The fraction of sp³-hybridized carbons (Fsp3) is 0.208. The van der Waals surface area contributed by atoms with E-state index >= 15 is 0 Å². The van der Waals surface area contributed by atoms with E-state index < -0.39 is 11.8 Å².